The van der Waals surface area contributed by atoms with Crippen LogP contribution >= 0.6 is 0 Å². The second-order valence-corrected chi connectivity index (χ2v) is 5.30. The van der Waals surface area contributed by atoms with Crippen LogP contribution in [0.25, 0.3) is 0 Å². The Balaban J connectivity index is 1.99. The number of rotatable bonds is 2. The van der Waals surface area contributed by atoms with Gasteiger partial charge in [0, 0.05) is 0 Å². The molecule has 1 aliphatic rings. The summed E-state index contributed by atoms with van der Waals surface area (Å²) >= 11 is 0. The lowest BCUT2D eigenvalue weighted by Crippen LogP contribution is -2.29. The van der Waals surface area contributed by atoms with Crippen molar-refractivity contribution in [3.63, 3.8) is 0 Å². The number of fused-ring (bicyclic) bond motifs is 1. The van der Waals surface area contributed by atoms with Crippen LogP contribution in [0.15, 0.2) is 36.4 Å². The Morgan fingerprint density at radius 3 is 2.48 bits per heavy atom. The third-order valence-electron chi connectivity index (χ3n) is 3.85. The molecule has 0 unspecified atom stereocenters. The molecule has 21 heavy (non-hydrogen) atoms. The van der Waals surface area contributed by atoms with Gasteiger partial charge in [-0.2, -0.15) is 0 Å². The van der Waals surface area contributed by atoms with E-state index < -0.39 is 17.5 Å². The summed E-state index contributed by atoms with van der Waals surface area (Å²) in [6.07, 6.45) is 0. The molecule has 106 valence electrons. The fourth-order valence-electron chi connectivity index (χ4n) is 2.51. The first kappa shape index (κ1) is 13.5. The van der Waals surface area contributed by atoms with Crippen LogP contribution in [0, 0.1) is 19.7 Å². The maximum Gasteiger partial charge on any atom is 0.299 e. The fraction of sp³-hybridized carbons (Fsp3) is 0.176. The molecule has 0 aromatic heterocycles. The van der Waals surface area contributed by atoms with Crippen LogP contribution in [0.1, 0.15) is 27.0 Å². The maximum atomic E-state index is 13.4. The van der Waals surface area contributed by atoms with E-state index in [1.54, 1.807) is 0 Å². The SMILES string of the molecule is Cc1ccc(CN2C(=O)C(=O)c3ccc(F)cc32)cc1C. The van der Waals surface area contributed by atoms with E-state index >= 15 is 0 Å². The van der Waals surface area contributed by atoms with Gasteiger partial charge in [-0.25, -0.2) is 4.39 Å². The summed E-state index contributed by atoms with van der Waals surface area (Å²) in [6, 6.07) is 9.66. The van der Waals surface area contributed by atoms with Gasteiger partial charge in [0.2, 0.25) is 0 Å². The summed E-state index contributed by atoms with van der Waals surface area (Å²) in [5.41, 5.74) is 3.81. The molecule has 3 nitrogen and oxygen atoms in total. The molecule has 1 aliphatic heterocycles. The Morgan fingerprint density at radius 1 is 1.00 bits per heavy atom. The first-order valence-corrected chi connectivity index (χ1v) is 6.69. The summed E-state index contributed by atoms with van der Waals surface area (Å²) in [7, 11) is 0. The molecule has 2 aromatic rings. The molecule has 0 fully saturated rings. The van der Waals surface area contributed by atoms with Crippen molar-refractivity contribution in [2.75, 3.05) is 4.90 Å². The van der Waals surface area contributed by atoms with E-state index in [0.717, 1.165) is 16.7 Å². The van der Waals surface area contributed by atoms with Crippen molar-refractivity contribution in [2.24, 2.45) is 0 Å². The number of ketones is 1. The van der Waals surface area contributed by atoms with E-state index in [2.05, 4.69) is 0 Å². The molecule has 0 bridgehead atoms. The van der Waals surface area contributed by atoms with Gasteiger partial charge < -0.3 is 4.90 Å². The van der Waals surface area contributed by atoms with Gasteiger partial charge in [0.1, 0.15) is 5.82 Å². The van der Waals surface area contributed by atoms with Gasteiger partial charge in [-0.1, -0.05) is 18.2 Å². The molecule has 0 spiro atoms. The van der Waals surface area contributed by atoms with Crippen molar-refractivity contribution in [3.8, 4) is 0 Å². The summed E-state index contributed by atoms with van der Waals surface area (Å²) < 4.78 is 13.4. The zero-order chi connectivity index (χ0) is 15.1. The van der Waals surface area contributed by atoms with E-state index in [0.29, 0.717) is 5.69 Å². The monoisotopic (exact) mass is 283 g/mol. The molecule has 1 heterocycles. The molecular weight excluding hydrogens is 269 g/mol. The molecule has 0 aliphatic carbocycles. The Labute approximate surface area is 122 Å². The molecule has 0 saturated carbocycles. The molecule has 3 rings (SSSR count). The summed E-state index contributed by atoms with van der Waals surface area (Å²) in [6.45, 7) is 4.26. The predicted molar refractivity (Wildman–Crippen MR) is 77.8 cm³/mol. The lowest BCUT2D eigenvalue weighted by Gasteiger charge is -2.17. The number of nitrogens with zero attached hydrogens (tertiary/aromatic N) is 1. The molecule has 0 saturated heterocycles. The number of aryl methyl sites for hydroxylation is 2. The minimum atomic E-state index is -0.603. The van der Waals surface area contributed by atoms with Gasteiger partial charge in [0.15, 0.2) is 0 Å². The van der Waals surface area contributed by atoms with Gasteiger partial charge in [0.25, 0.3) is 11.7 Å². The number of Topliss-reactive ketones (excluding diaryl/α,β-unsaturated/α-hetero) is 1. The number of hydrogen-bond donors (Lipinski definition) is 0. The van der Waals surface area contributed by atoms with E-state index in [1.165, 1.54) is 23.1 Å². The Morgan fingerprint density at radius 2 is 1.76 bits per heavy atom. The number of halogens is 1. The topological polar surface area (TPSA) is 37.4 Å². The van der Waals surface area contributed by atoms with Gasteiger partial charge in [0.05, 0.1) is 17.8 Å². The molecule has 0 N–H and O–H groups in total. The minimum Gasteiger partial charge on any atom is -0.300 e. The average molecular weight is 283 g/mol. The first-order valence-electron chi connectivity index (χ1n) is 6.69. The van der Waals surface area contributed by atoms with Crippen LogP contribution in [-0.4, -0.2) is 11.7 Å². The van der Waals surface area contributed by atoms with Crippen molar-refractivity contribution in [1.29, 1.82) is 0 Å². The fourth-order valence-corrected chi connectivity index (χ4v) is 2.51. The normalized spacial score (nSPS) is 13.8. The predicted octanol–water partition coefficient (Wildman–Crippen LogP) is 3.17. The number of amides is 1. The van der Waals surface area contributed by atoms with Gasteiger partial charge in [-0.3, -0.25) is 9.59 Å². The minimum absolute atomic E-state index is 0.266. The third-order valence-corrected chi connectivity index (χ3v) is 3.85. The van der Waals surface area contributed by atoms with Gasteiger partial charge in [-0.15, -0.1) is 0 Å². The maximum absolute atomic E-state index is 13.4. The van der Waals surface area contributed by atoms with Crippen LogP contribution in [0.4, 0.5) is 10.1 Å². The second kappa shape index (κ2) is 4.81. The van der Waals surface area contributed by atoms with E-state index in [9.17, 15) is 14.0 Å². The number of hydrogen-bond acceptors (Lipinski definition) is 2. The zero-order valence-corrected chi connectivity index (χ0v) is 11.8. The van der Waals surface area contributed by atoms with E-state index in [1.807, 2.05) is 32.0 Å². The van der Waals surface area contributed by atoms with Gasteiger partial charge >= 0.3 is 0 Å². The van der Waals surface area contributed by atoms with Crippen molar-refractivity contribution >= 4 is 17.4 Å². The van der Waals surface area contributed by atoms with Crippen molar-refractivity contribution in [2.45, 2.75) is 20.4 Å². The molecule has 4 heteroatoms. The summed E-state index contributed by atoms with van der Waals surface area (Å²) in [5, 5.41) is 0. The number of carbonyl (C=O) groups is 2. The van der Waals surface area contributed by atoms with Crippen LogP contribution in [0.2, 0.25) is 0 Å². The third kappa shape index (κ3) is 2.23. The van der Waals surface area contributed by atoms with E-state index in [4.69, 9.17) is 0 Å². The van der Waals surface area contributed by atoms with Crippen LogP contribution in [-0.2, 0) is 11.3 Å². The molecule has 0 atom stereocenters. The molecular formula is C17H14FNO2. The highest BCUT2D eigenvalue weighted by molar-refractivity contribution is 6.52. The molecule has 0 radical (unpaired) electrons. The number of carbonyl (C=O) groups excluding carboxylic acids is 2. The van der Waals surface area contributed by atoms with Crippen LogP contribution < -0.4 is 4.90 Å². The lowest BCUT2D eigenvalue weighted by atomic mass is 10.1. The van der Waals surface area contributed by atoms with Crippen LogP contribution in [0.3, 0.4) is 0 Å². The van der Waals surface area contributed by atoms with Gasteiger partial charge in [-0.05, 0) is 48.7 Å². The lowest BCUT2D eigenvalue weighted by molar-refractivity contribution is -0.114. The summed E-state index contributed by atoms with van der Waals surface area (Å²) in [4.78, 5) is 25.3. The Hall–Kier alpha value is -2.49. The van der Waals surface area contributed by atoms with Crippen molar-refractivity contribution < 1.29 is 14.0 Å². The first-order chi connectivity index (χ1) is 9.97. The quantitative estimate of drug-likeness (QED) is 0.794. The zero-order valence-electron chi connectivity index (χ0n) is 11.8. The number of anilines is 1. The summed E-state index contributed by atoms with van der Waals surface area (Å²) in [5.74, 6) is -1.64. The largest absolute Gasteiger partial charge is 0.300 e. The highest BCUT2D eigenvalue weighted by Crippen LogP contribution is 2.31. The Bertz CT molecular complexity index is 767. The molecule has 1 amide bonds. The highest BCUT2D eigenvalue weighted by Gasteiger charge is 2.35. The van der Waals surface area contributed by atoms with Crippen molar-refractivity contribution in [1.82, 2.24) is 0 Å². The standard InChI is InChI=1S/C17H14FNO2/c1-10-3-4-12(7-11(10)2)9-19-15-8-13(18)5-6-14(15)16(20)17(19)21/h3-8H,9H2,1-2H3. The Kier molecular flexibility index (Phi) is 3.09. The average Bonchev–Trinajstić information content (AvgIpc) is 2.68. The van der Waals surface area contributed by atoms with Crippen molar-refractivity contribution in [3.05, 3.63) is 64.5 Å². The highest BCUT2D eigenvalue weighted by atomic mass is 19.1. The molecule has 2 aromatic carbocycles. The number of benzene rings is 2. The second-order valence-electron chi connectivity index (χ2n) is 5.30. The van der Waals surface area contributed by atoms with Crippen LogP contribution in [0.5, 0.6) is 0 Å². The smallest absolute Gasteiger partial charge is 0.299 e. The van der Waals surface area contributed by atoms with E-state index in [-0.39, 0.29) is 12.1 Å².